The summed E-state index contributed by atoms with van der Waals surface area (Å²) in [6.07, 6.45) is 1.90. The number of benzene rings is 2. The molecular weight excluding hydrogens is 435 g/mol. The monoisotopic (exact) mass is 462 g/mol. The maximum absolute atomic E-state index is 13.1. The van der Waals surface area contributed by atoms with Gasteiger partial charge in [0.25, 0.3) is 5.91 Å². The normalized spacial score (nSPS) is 16.0. The van der Waals surface area contributed by atoms with Crippen LogP contribution in [0.1, 0.15) is 30.8 Å². The van der Waals surface area contributed by atoms with Gasteiger partial charge in [-0.3, -0.25) is 4.79 Å². The van der Waals surface area contributed by atoms with Crippen LogP contribution in [-0.2, 0) is 4.79 Å². The van der Waals surface area contributed by atoms with Crippen molar-refractivity contribution >= 4 is 40.3 Å². The third kappa shape index (κ3) is 4.88. The van der Waals surface area contributed by atoms with Gasteiger partial charge in [-0.05, 0) is 106 Å². The van der Waals surface area contributed by atoms with Crippen LogP contribution in [0.5, 0.6) is 0 Å². The summed E-state index contributed by atoms with van der Waals surface area (Å²) < 4.78 is 15.3. The smallest absolute Gasteiger partial charge is 0.264 e. The molecule has 0 saturated carbocycles. The van der Waals surface area contributed by atoms with Crippen molar-refractivity contribution in [3.63, 3.8) is 0 Å². The van der Waals surface area contributed by atoms with Gasteiger partial charge >= 0.3 is 0 Å². The van der Waals surface area contributed by atoms with Gasteiger partial charge in [-0.2, -0.15) is 0 Å². The summed E-state index contributed by atoms with van der Waals surface area (Å²) in [6.45, 7) is 10.4. The summed E-state index contributed by atoms with van der Waals surface area (Å²) in [5.74, 6) is -0.505. The molecule has 0 atom stereocenters. The minimum Gasteiger partial charge on any atom is -0.372 e. The van der Waals surface area contributed by atoms with Crippen LogP contribution in [0.4, 0.5) is 15.8 Å². The number of amidine groups is 1. The predicted octanol–water partition coefficient (Wildman–Crippen LogP) is 5.97. The molecule has 0 bridgehead atoms. The lowest BCUT2D eigenvalue weighted by molar-refractivity contribution is -0.115. The largest absolute Gasteiger partial charge is 0.372 e. The lowest BCUT2D eigenvalue weighted by Crippen LogP contribution is -2.21. The summed E-state index contributed by atoms with van der Waals surface area (Å²) in [4.78, 5) is 19.8. The molecule has 0 radical (unpaired) electrons. The topological polar surface area (TPSA) is 49.6 Å². The van der Waals surface area contributed by atoms with Gasteiger partial charge in [-0.15, -0.1) is 0 Å². The molecule has 0 aliphatic carbocycles. The molecule has 2 heterocycles. The van der Waals surface area contributed by atoms with E-state index in [1.807, 2.05) is 6.08 Å². The van der Waals surface area contributed by atoms with E-state index < -0.39 is 0 Å². The molecule has 1 N–H and O–H groups in total. The van der Waals surface area contributed by atoms with Crippen molar-refractivity contribution in [1.82, 2.24) is 9.88 Å². The molecule has 4 rings (SSSR count). The molecule has 1 amide bonds. The minimum absolute atomic E-state index is 0.186. The van der Waals surface area contributed by atoms with Crippen molar-refractivity contribution in [3.8, 4) is 5.69 Å². The van der Waals surface area contributed by atoms with Gasteiger partial charge in [0.15, 0.2) is 5.17 Å². The molecule has 170 valence electrons. The van der Waals surface area contributed by atoms with Gasteiger partial charge in [0.05, 0.1) is 10.6 Å². The van der Waals surface area contributed by atoms with Crippen LogP contribution < -0.4 is 10.2 Å². The number of anilines is 1. The second-order valence-electron chi connectivity index (χ2n) is 7.81. The molecule has 1 aromatic heterocycles. The molecular formula is C26H27FN4OS. The van der Waals surface area contributed by atoms with Crippen LogP contribution in [0.25, 0.3) is 11.8 Å². The molecule has 0 unspecified atom stereocenters. The van der Waals surface area contributed by atoms with Crippen LogP contribution in [-0.4, -0.2) is 28.7 Å². The van der Waals surface area contributed by atoms with Crippen molar-refractivity contribution in [2.45, 2.75) is 27.7 Å². The maximum Gasteiger partial charge on any atom is 0.264 e. The Morgan fingerprint density at radius 3 is 2.36 bits per heavy atom. The molecule has 1 saturated heterocycles. The van der Waals surface area contributed by atoms with E-state index in [4.69, 9.17) is 0 Å². The highest BCUT2D eigenvalue weighted by molar-refractivity contribution is 8.18. The number of aryl methyl sites for hydroxylation is 1. The molecule has 0 spiro atoms. The van der Waals surface area contributed by atoms with Crippen molar-refractivity contribution in [2.24, 2.45) is 4.99 Å². The fraction of sp³-hybridized carbons (Fsp3) is 0.231. The Kier molecular flexibility index (Phi) is 6.70. The van der Waals surface area contributed by atoms with E-state index in [9.17, 15) is 9.18 Å². The van der Waals surface area contributed by atoms with Crippen LogP contribution >= 0.6 is 11.8 Å². The van der Waals surface area contributed by atoms with Crippen molar-refractivity contribution in [2.75, 3.05) is 18.0 Å². The zero-order chi connectivity index (χ0) is 23.5. The fourth-order valence-electron chi connectivity index (χ4n) is 3.99. The third-order valence-corrected chi connectivity index (χ3v) is 6.61. The van der Waals surface area contributed by atoms with Gasteiger partial charge in [-0.1, -0.05) is 0 Å². The van der Waals surface area contributed by atoms with Gasteiger partial charge in [0, 0.05) is 35.9 Å². The summed E-state index contributed by atoms with van der Waals surface area (Å²) in [7, 11) is 0. The number of hydrogen-bond acceptors (Lipinski definition) is 4. The number of thioether (sulfide) groups is 1. The Balaban J connectivity index is 1.59. The minimum atomic E-state index is -0.319. The number of halogens is 1. The van der Waals surface area contributed by atoms with Crippen molar-refractivity contribution in [3.05, 3.63) is 82.3 Å². The maximum atomic E-state index is 13.1. The van der Waals surface area contributed by atoms with E-state index >= 15 is 0 Å². The second kappa shape index (κ2) is 9.67. The first kappa shape index (κ1) is 22.9. The van der Waals surface area contributed by atoms with Gasteiger partial charge in [0.1, 0.15) is 5.82 Å². The zero-order valence-electron chi connectivity index (χ0n) is 19.2. The molecule has 1 aliphatic rings. The van der Waals surface area contributed by atoms with Crippen LogP contribution in [0, 0.1) is 19.7 Å². The Labute approximate surface area is 198 Å². The second-order valence-corrected chi connectivity index (χ2v) is 8.84. The average molecular weight is 463 g/mol. The van der Waals surface area contributed by atoms with Gasteiger partial charge in [-0.25, -0.2) is 9.38 Å². The van der Waals surface area contributed by atoms with E-state index in [2.05, 4.69) is 77.8 Å². The number of aromatic nitrogens is 1. The molecule has 2 aromatic carbocycles. The quantitative estimate of drug-likeness (QED) is 0.459. The first-order valence-electron chi connectivity index (χ1n) is 11.0. The lowest BCUT2D eigenvalue weighted by atomic mass is 10.2. The van der Waals surface area contributed by atoms with Crippen molar-refractivity contribution in [1.29, 1.82) is 0 Å². The molecule has 3 aromatic rings. The van der Waals surface area contributed by atoms with E-state index in [0.717, 1.165) is 35.7 Å². The standard InChI is InChI=1S/C26H27FN4OS/c1-5-30(6-2)22-11-13-23(14-12-22)31-17(3)15-19(18(31)4)16-24-25(32)29-26(33-24)28-21-9-7-20(27)8-10-21/h7-16H,5-6H2,1-4H3,(H,28,29,32)/b24-16+. The highest BCUT2D eigenvalue weighted by Gasteiger charge is 2.24. The van der Waals surface area contributed by atoms with Gasteiger partial charge < -0.3 is 14.8 Å². The number of nitrogens with one attached hydrogen (secondary N) is 1. The number of hydrogen-bond donors (Lipinski definition) is 1. The molecule has 1 fully saturated rings. The number of carbonyl (C=O) groups excluding carboxylic acids is 1. The average Bonchev–Trinajstić information content (AvgIpc) is 3.29. The third-order valence-electron chi connectivity index (χ3n) is 5.70. The van der Waals surface area contributed by atoms with E-state index in [1.165, 1.54) is 29.6 Å². The SMILES string of the molecule is CCN(CC)c1ccc(-n2c(C)cc(/C=C3/SC(=Nc4ccc(F)cc4)NC3=O)c2C)cc1. The van der Waals surface area contributed by atoms with E-state index in [-0.39, 0.29) is 11.7 Å². The molecule has 33 heavy (non-hydrogen) atoms. The molecule has 7 heteroatoms. The summed E-state index contributed by atoms with van der Waals surface area (Å²) in [5.41, 5.74) is 6.03. The first-order valence-corrected chi connectivity index (χ1v) is 11.8. The zero-order valence-corrected chi connectivity index (χ0v) is 20.0. The summed E-state index contributed by atoms with van der Waals surface area (Å²) >= 11 is 1.28. The van der Waals surface area contributed by atoms with Crippen molar-refractivity contribution < 1.29 is 9.18 Å². The highest BCUT2D eigenvalue weighted by Crippen LogP contribution is 2.31. The Bertz CT molecular complexity index is 1220. The molecule has 5 nitrogen and oxygen atoms in total. The number of rotatable bonds is 6. The summed E-state index contributed by atoms with van der Waals surface area (Å²) in [6, 6.07) is 16.5. The Hall–Kier alpha value is -3.32. The summed E-state index contributed by atoms with van der Waals surface area (Å²) in [5, 5.41) is 3.27. The van der Waals surface area contributed by atoms with Crippen LogP contribution in [0.3, 0.4) is 0 Å². The number of nitrogens with zero attached hydrogens (tertiary/aromatic N) is 3. The fourth-order valence-corrected chi connectivity index (χ4v) is 4.82. The Morgan fingerprint density at radius 2 is 1.73 bits per heavy atom. The highest BCUT2D eigenvalue weighted by atomic mass is 32.2. The number of aliphatic imine (C=N–C) groups is 1. The lowest BCUT2D eigenvalue weighted by Gasteiger charge is -2.21. The molecule has 1 aliphatic heterocycles. The van der Waals surface area contributed by atoms with Crippen LogP contribution in [0.15, 0.2) is 64.5 Å². The van der Waals surface area contributed by atoms with E-state index in [1.54, 1.807) is 12.1 Å². The predicted molar refractivity (Wildman–Crippen MR) is 136 cm³/mol. The van der Waals surface area contributed by atoms with Crippen LogP contribution in [0.2, 0.25) is 0 Å². The van der Waals surface area contributed by atoms with E-state index in [0.29, 0.717) is 15.8 Å². The number of carbonyl (C=O) groups is 1. The Morgan fingerprint density at radius 1 is 1.06 bits per heavy atom. The number of amides is 1. The first-order chi connectivity index (χ1) is 15.9. The van der Waals surface area contributed by atoms with Gasteiger partial charge in [0.2, 0.25) is 0 Å².